The minimum absolute atomic E-state index is 0.101. The summed E-state index contributed by atoms with van der Waals surface area (Å²) >= 11 is 0. The molecule has 6 rings (SSSR count). The number of benzene rings is 5. The third-order valence-electron chi connectivity index (χ3n) is 7.31. The van der Waals surface area contributed by atoms with Gasteiger partial charge in [-0.05, 0) is 53.2 Å². The molecular formula is C37H32OP2. The van der Waals surface area contributed by atoms with Crippen molar-refractivity contribution in [3.63, 3.8) is 0 Å². The number of ether oxygens (including phenoxy) is 1. The molecule has 0 N–H and O–H groups in total. The van der Waals surface area contributed by atoms with Crippen molar-refractivity contribution in [3.8, 4) is 0 Å². The van der Waals surface area contributed by atoms with Crippen LogP contribution in [0.5, 0.6) is 0 Å². The molecule has 196 valence electrons. The second-order valence-corrected chi connectivity index (χ2v) is 14.1. The SMILES string of the molecule is CO[C@@H](c1ccccc1P(c1ccccc1)c1ccccc1)C1C=CC=C1P(c1ccccc1)c1ccccc1. The van der Waals surface area contributed by atoms with Crippen molar-refractivity contribution >= 4 is 42.4 Å². The number of allylic oxidation sites excluding steroid dienone is 2. The third-order valence-corrected chi connectivity index (χ3v) is 12.4. The van der Waals surface area contributed by atoms with Crippen LogP contribution >= 0.6 is 15.8 Å². The van der Waals surface area contributed by atoms with E-state index in [9.17, 15) is 0 Å². The summed E-state index contributed by atoms with van der Waals surface area (Å²) < 4.78 is 6.46. The molecule has 1 unspecified atom stereocenters. The third kappa shape index (κ3) is 5.52. The summed E-state index contributed by atoms with van der Waals surface area (Å²) in [5, 5.41) is 8.20. The molecule has 2 atom stereocenters. The predicted molar refractivity (Wildman–Crippen MR) is 175 cm³/mol. The van der Waals surface area contributed by atoms with E-state index >= 15 is 0 Å². The van der Waals surface area contributed by atoms with Crippen molar-refractivity contribution in [2.24, 2.45) is 5.92 Å². The van der Waals surface area contributed by atoms with Crippen molar-refractivity contribution in [1.82, 2.24) is 0 Å². The molecule has 5 aromatic carbocycles. The second kappa shape index (κ2) is 12.7. The zero-order chi connectivity index (χ0) is 27.1. The molecular weight excluding hydrogens is 522 g/mol. The van der Waals surface area contributed by atoms with Gasteiger partial charge in [-0.15, -0.1) is 0 Å². The van der Waals surface area contributed by atoms with Crippen LogP contribution in [0.25, 0.3) is 0 Å². The van der Waals surface area contributed by atoms with E-state index in [4.69, 9.17) is 4.74 Å². The van der Waals surface area contributed by atoms with Gasteiger partial charge in [0.05, 0.1) is 6.10 Å². The summed E-state index contributed by atoms with van der Waals surface area (Å²) in [5.74, 6) is 0.140. The largest absolute Gasteiger partial charge is 0.376 e. The van der Waals surface area contributed by atoms with Gasteiger partial charge in [0.15, 0.2) is 0 Å². The Morgan fingerprint density at radius 1 is 0.525 bits per heavy atom. The lowest BCUT2D eigenvalue weighted by Gasteiger charge is -2.32. The van der Waals surface area contributed by atoms with Gasteiger partial charge in [0.25, 0.3) is 0 Å². The average molecular weight is 555 g/mol. The highest BCUT2D eigenvalue weighted by atomic mass is 31.1. The van der Waals surface area contributed by atoms with Crippen LogP contribution in [0.2, 0.25) is 0 Å². The highest BCUT2D eigenvalue weighted by Gasteiger charge is 2.34. The molecule has 0 heterocycles. The molecule has 5 aromatic rings. The maximum Gasteiger partial charge on any atom is 0.0931 e. The molecule has 0 saturated heterocycles. The highest BCUT2D eigenvalue weighted by Crippen LogP contribution is 2.53. The number of hydrogen-bond donors (Lipinski definition) is 0. The Hall–Kier alpha value is -3.60. The second-order valence-electron chi connectivity index (χ2n) is 9.73. The number of methoxy groups -OCH3 is 1. The quantitative estimate of drug-likeness (QED) is 0.173. The normalized spacial score (nSPS) is 15.4. The molecule has 3 heteroatoms. The molecule has 1 aliphatic carbocycles. The van der Waals surface area contributed by atoms with E-state index in [1.54, 1.807) is 0 Å². The minimum Gasteiger partial charge on any atom is -0.376 e. The lowest BCUT2D eigenvalue weighted by atomic mass is 9.96. The average Bonchev–Trinajstić information content (AvgIpc) is 3.50. The predicted octanol–water partition coefficient (Wildman–Crippen LogP) is 7.34. The van der Waals surface area contributed by atoms with E-state index in [1.807, 2.05) is 7.11 Å². The summed E-state index contributed by atoms with van der Waals surface area (Å²) in [4.78, 5) is 0. The van der Waals surface area contributed by atoms with E-state index in [0.717, 1.165) is 0 Å². The lowest BCUT2D eigenvalue weighted by molar-refractivity contribution is 0.0830. The maximum absolute atomic E-state index is 6.46. The van der Waals surface area contributed by atoms with Gasteiger partial charge < -0.3 is 4.74 Å². The Morgan fingerprint density at radius 2 is 0.950 bits per heavy atom. The molecule has 0 spiro atoms. The Morgan fingerprint density at radius 3 is 1.43 bits per heavy atom. The van der Waals surface area contributed by atoms with Gasteiger partial charge >= 0.3 is 0 Å². The van der Waals surface area contributed by atoms with Crippen LogP contribution < -0.4 is 26.5 Å². The van der Waals surface area contributed by atoms with Gasteiger partial charge in [-0.1, -0.05) is 164 Å². The van der Waals surface area contributed by atoms with Crippen molar-refractivity contribution in [2.45, 2.75) is 6.10 Å². The van der Waals surface area contributed by atoms with Gasteiger partial charge in [-0.2, -0.15) is 0 Å². The van der Waals surface area contributed by atoms with Gasteiger partial charge in [0.1, 0.15) is 0 Å². The first-order chi connectivity index (χ1) is 19.8. The first-order valence-electron chi connectivity index (χ1n) is 13.7. The van der Waals surface area contributed by atoms with Crippen LogP contribution in [-0.4, -0.2) is 7.11 Å². The van der Waals surface area contributed by atoms with Gasteiger partial charge in [-0.25, -0.2) is 0 Å². The van der Waals surface area contributed by atoms with E-state index in [-0.39, 0.29) is 12.0 Å². The maximum atomic E-state index is 6.46. The zero-order valence-electron chi connectivity index (χ0n) is 22.5. The van der Waals surface area contributed by atoms with Crippen molar-refractivity contribution in [2.75, 3.05) is 7.11 Å². The van der Waals surface area contributed by atoms with Crippen LogP contribution in [0.3, 0.4) is 0 Å². The fraction of sp³-hybridized carbons (Fsp3) is 0.0811. The molecule has 0 radical (unpaired) electrons. The molecule has 0 aliphatic heterocycles. The smallest absolute Gasteiger partial charge is 0.0931 e. The van der Waals surface area contributed by atoms with E-state index in [0.29, 0.717) is 0 Å². The number of hydrogen-bond acceptors (Lipinski definition) is 1. The van der Waals surface area contributed by atoms with Crippen LogP contribution in [0.15, 0.2) is 169 Å². The fourth-order valence-electron chi connectivity index (χ4n) is 5.54. The Labute approximate surface area is 240 Å². The van der Waals surface area contributed by atoms with Crippen LogP contribution in [-0.2, 0) is 4.74 Å². The molecule has 40 heavy (non-hydrogen) atoms. The Kier molecular flexibility index (Phi) is 8.46. The Balaban J connectivity index is 1.46. The monoisotopic (exact) mass is 554 g/mol. The standard InChI is InChI=1S/C37H32OP2/c1-38-37(34-26-16-28-36(34)40(31-21-10-4-11-22-31)32-23-12-5-13-24-32)33-25-14-15-27-35(33)39(29-17-6-2-7-18-29)30-19-8-3-9-20-30/h2-28,34,37H,1H3/t34?,37-/m0/s1. The van der Waals surface area contributed by atoms with Gasteiger partial charge in [-0.3, -0.25) is 0 Å². The molecule has 0 fully saturated rings. The summed E-state index contributed by atoms with van der Waals surface area (Å²) in [5.41, 5.74) is 1.27. The number of rotatable bonds is 9. The highest BCUT2D eigenvalue weighted by molar-refractivity contribution is 7.80. The van der Waals surface area contributed by atoms with Crippen molar-refractivity contribution in [1.29, 1.82) is 0 Å². The molecule has 1 nitrogen and oxygen atoms in total. The van der Waals surface area contributed by atoms with Crippen LogP contribution in [0.4, 0.5) is 0 Å². The molecule has 0 bridgehead atoms. The van der Waals surface area contributed by atoms with Crippen LogP contribution in [0, 0.1) is 5.92 Å². The topological polar surface area (TPSA) is 9.23 Å². The summed E-state index contributed by atoms with van der Waals surface area (Å²) in [7, 11) is 0.403. The molecule has 0 aromatic heterocycles. The van der Waals surface area contributed by atoms with Crippen molar-refractivity contribution in [3.05, 3.63) is 175 Å². The first-order valence-corrected chi connectivity index (χ1v) is 16.3. The minimum atomic E-state index is -0.755. The van der Waals surface area contributed by atoms with Gasteiger partial charge in [0.2, 0.25) is 0 Å². The fourth-order valence-corrected chi connectivity index (χ4v) is 10.6. The summed E-state index contributed by atoms with van der Waals surface area (Å²) in [6.07, 6.45) is 6.81. The molecule has 1 aliphatic rings. The molecule has 0 saturated carbocycles. The molecule has 0 amide bonds. The lowest BCUT2D eigenvalue weighted by Crippen LogP contribution is -2.27. The van der Waals surface area contributed by atoms with E-state index in [2.05, 4.69) is 164 Å². The zero-order valence-corrected chi connectivity index (χ0v) is 24.3. The van der Waals surface area contributed by atoms with E-state index in [1.165, 1.54) is 37.4 Å². The van der Waals surface area contributed by atoms with Crippen LogP contribution in [0.1, 0.15) is 11.7 Å². The first kappa shape index (κ1) is 26.6. The Bertz CT molecular complexity index is 1500. The van der Waals surface area contributed by atoms with E-state index < -0.39 is 15.8 Å². The summed E-state index contributed by atoms with van der Waals surface area (Å²) in [6.45, 7) is 0. The summed E-state index contributed by atoms with van der Waals surface area (Å²) in [6, 6.07) is 52.7. The van der Waals surface area contributed by atoms with Gasteiger partial charge in [0, 0.05) is 13.0 Å². The van der Waals surface area contributed by atoms with Crippen molar-refractivity contribution < 1.29 is 4.74 Å².